The highest BCUT2D eigenvalue weighted by Crippen LogP contribution is 2.29. The number of nitrogens with zero attached hydrogens (tertiary/aromatic N) is 1. The lowest BCUT2D eigenvalue weighted by Gasteiger charge is -2.18. The molecule has 2 amide bonds. The monoisotopic (exact) mass is 357 g/mol. The SMILES string of the molecule is N#CCCCC[C@@H](NC(=O)[C@H](O)c1ccc(C(F)(F)F)cc1)C(N)=O. The van der Waals surface area contributed by atoms with Crippen molar-refractivity contribution in [2.45, 2.75) is 44.0 Å². The molecule has 2 atom stereocenters. The summed E-state index contributed by atoms with van der Waals surface area (Å²) in [5.41, 5.74) is 4.23. The van der Waals surface area contributed by atoms with E-state index in [0.29, 0.717) is 19.3 Å². The van der Waals surface area contributed by atoms with Gasteiger partial charge in [-0.15, -0.1) is 0 Å². The van der Waals surface area contributed by atoms with Crippen molar-refractivity contribution in [2.24, 2.45) is 5.73 Å². The average molecular weight is 357 g/mol. The van der Waals surface area contributed by atoms with E-state index >= 15 is 0 Å². The summed E-state index contributed by atoms with van der Waals surface area (Å²) in [6.45, 7) is 0. The first-order valence-corrected chi connectivity index (χ1v) is 7.48. The fraction of sp³-hybridized carbons (Fsp3) is 0.438. The van der Waals surface area contributed by atoms with Gasteiger partial charge in [-0.1, -0.05) is 12.1 Å². The molecule has 0 bridgehead atoms. The molecule has 6 nitrogen and oxygen atoms in total. The first-order valence-electron chi connectivity index (χ1n) is 7.48. The molecule has 0 aliphatic heterocycles. The number of halogens is 3. The van der Waals surface area contributed by atoms with Gasteiger partial charge in [-0.05, 0) is 37.0 Å². The number of unbranched alkanes of at least 4 members (excludes halogenated alkanes) is 2. The lowest BCUT2D eigenvalue weighted by Crippen LogP contribution is -2.46. The van der Waals surface area contributed by atoms with Crippen molar-refractivity contribution in [1.29, 1.82) is 5.26 Å². The molecule has 0 fully saturated rings. The fourth-order valence-electron chi connectivity index (χ4n) is 2.09. The van der Waals surface area contributed by atoms with Crippen LogP contribution in [0.1, 0.15) is 42.9 Å². The van der Waals surface area contributed by atoms with Crippen molar-refractivity contribution < 1.29 is 27.9 Å². The van der Waals surface area contributed by atoms with Gasteiger partial charge >= 0.3 is 6.18 Å². The highest BCUT2D eigenvalue weighted by Gasteiger charge is 2.31. The van der Waals surface area contributed by atoms with Gasteiger partial charge in [-0.2, -0.15) is 18.4 Å². The van der Waals surface area contributed by atoms with E-state index in [2.05, 4.69) is 5.32 Å². The summed E-state index contributed by atoms with van der Waals surface area (Å²) in [5, 5.41) is 20.6. The van der Waals surface area contributed by atoms with E-state index in [9.17, 15) is 27.9 Å². The Hall–Kier alpha value is -2.60. The van der Waals surface area contributed by atoms with Gasteiger partial charge in [-0.25, -0.2) is 0 Å². The molecule has 0 aliphatic rings. The number of aliphatic hydroxyl groups excluding tert-OH is 1. The number of nitrogens with one attached hydrogen (secondary N) is 1. The fourth-order valence-corrected chi connectivity index (χ4v) is 2.09. The van der Waals surface area contributed by atoms with E-state index in [1.165, 1.54) is 0 Å². The summed E-state index contributed by atoms with van der Waals surface area (Å²) < 4.78 is 37.5. The highest BCUT2D eigenvalue weighted by molar-refractivity contribution is 5.88. The number of nitriles is 1. The molecule has 0 saturated heterocycles. The molecule has 0 unspecified atom stereocenters. The zero-order valence-electron chi connectivity index (χ0n) is 13.2. The van der Waals surface area contributed by atoms with Gasteiger partial charge in [0.15, 0.2) is 6.10 Å². The van der Waals surface area contributed by atoms with Gasteiger partial charge in [-0.3, -0.25) is 9.59 Å². The van der Waals surface area contributed by atoms with Crippen molar-refractivity contribution in [2.75, 3.05) is 0 Å². The number of alkyl halides is 3. The van der Waals surface area contributed by atoms with Crippen molar-refractivity contribution in [3.05, 3.63) is 35.4 Å². The smallest absolute Gasteiger partial charge is 0.378 e. The Morgan fingerprint density at radius 1 is 1.24 bits per heavy atom. The van der Waals surface area contributed by atoms with Gasteiger partial charge < -0.3 is 16.2 Å². The predicted molar refractivity (Wildman–Crippen MR) is 81.6 cm³/mol. The zero-order valence-corrected chi connectivity index (χ0v) is 13.2. The van der Waals surface area contributed by atoms with Crippen LogP contribution in [0.2, 0.25) is 0 Å². The van der Waals surface area contributed by atoms with Crippen LogP contribution in [0.25, 0.3) is 0 Å². The molecule has 0 radical (unpaired) electrons. The van der Waals surface area contributed by atoms with Gasteiger partial charge in [0.25, 0.3) is 5.91 Å². The third kappa shape index (κ3) is 6.43. The number of primary amides is 1. The second kappa shape index (κ2) is 9.03. The molecule has 4 N–H and O–H groups in total. The Kier molecular flexibility index (Phi) is 7.39. The molecule has 136 valence electrons. The number of benzene rings is 1. The number of hydrogen-bond donors (Lipinski definition) is 3. The molecule has 1 aromatic carbocycles. The van der Waals surface area contributed by atoms with E-state index in [0.717, 1.165) is 24.3 Å². The van der Waals surface area contributed by atoms with E-state index in [-0.39, 0.29) is 12.0 Å². The number of hydrogen-bond acceptors (Lipinski definition) is 4. The molecular weight excluding hydrogens is 339 g/mol. The number of nitrogens with two attached hydrogens (primary N) is 1. The molecule has 0 saturated carbocycles. The molecule has 0 heterocycles. The maximum Gasteiger partial charge on any atom is 0.416 e. The Morgan fingerprint density at radius 2 is 1.84 bits per heavy atom. The predicted octanol–water partition coefficient (Wildman–Crippen LogP) is 1.79. The highest BCUT2D eigenvalue weighted by atomic mass is 19.4. The van der Waals surface area contributed by atoms with Crippen LogP contribution < -0.4 is 11.1 Å². The van der Waals surface area contributed by atoms with Gasteiger partial charge in [0.2, 0.25) is 5.91 Å². The average Bonchev–Trinajstić information content (AvgIpc) is 2.55. The maximum absolute atomic E-state index is 12.5. The Balaban J connectivity index is 2.70. The van der Waals surface area contributed by atoms with Crippen LogP contribution in [0.5, 0.6) is 0 Å². The lowest BCUT2D eigenvalue weighted by atomic mass is 10.0. The number of carbonyl (C=O) groups is 2. The van der Waals surface area contributed by atoms with Crippen LogP contribution in [-0.2, 0) is 15.8 Å². The van der Waals surface area contributed by atoms with Crippen LogP contribution in [-0.4, -0.2) is 23.0 Å². The van der Waals surface area contributed by atoms with E-state index in [1.54, 1.807) is 0 Å². The van der Waals surface area contributed by atoms with Crippen molar-refractivity contribution >= 4 is 11.8 Å². The minimum atomic E-state index is -4.52. The van der Waals surface area contributed by atoms with E-state index < -0.39 is 35.7 Å². The van der Waals surface area contributed by atoms with Crippen LogP contribution in [0.15, 0.2) is 24.3 Å². The van der Waals surface area contributed by atoms with Crippen molar-refractivity contribution in [1.82, 2.24) is 5.32 Å². The van der Waals surface area contributed by atoms with Crippen LogP contribution in [0.4, 0.5) is 13.2 Å². The van der Waals surface area contributed by atoms with Gasteiger partial charge in [0, 0.05) is 6.42 Å². The molecule has 0 aliphatic carbocycles. The third-order valence-electron chi connectivity index (χ3n) is 3.49. The van der Waals surface area contributed by atoms with Gasteiger partial charge in [0.05, 0.1) is 11.6 Å². The van der Waals surface area contributed by atoms with Crippen molar-refractivity contribution in [3.63, 3.8) is 0 Å². The molecule has 9 heteroatoms. The third-order valence-corrected chi connectivity index (χ3v) is 3.49. The number of carbonyl (C=O) groups excluding carboxylic acids is 2. The maximum atomic E-state index is 12.5. The summed E-state index contributed by atoms with van der Waals surface area (Å²) in [4.78, 5) is 23.3. The first-order chi connectivity index (χ1) is 11.7. The quantitative estimate of drug-likeness (QED) is 0.615. The summed E-state index contributed by atoms with van der Waals surface area (Å²) in [6.07, 6.45) is -4.76. The molecular formula is C16H18F3N3O3. The second-order valence-electron chi connectivity index (χ2n) is 5.39. The normalized spacial score (nSPS) is 13.6. The van der Waals surface area contributed by atoms with E-state index in [4.69, 9.17) is 11.0 Å². The molecule has 0 spiro atoms. The van der Waals surface area contributed by atoms with Crippen LogP contribution in [0.3, 0.4) is 0 Å². The second-order valence-corrected chi connectivity index (χ2v) is 5.39. The first kappa shape index (κ1) is 20.4. The molecule has 1 aromatic rings. The number of amides is 2. The number of rotatable bonds is 8. The topological polar surface area (TPSA) is 116 Å². The van der Waals surface area contributed by atoms with E-state index in [1.807, 2.05) is 6.07 Å². The summed E-state index contributed by atoms with van der Waals surface area (Å²) >= 11 is 0. The summed E-state index contributed by atoms with van der Waals surface area (Å²) in [5.74, 6) is -1.74. The summed E-state index contributed by atoms with van der Waals surface area (Å²) in [6, 6.07) is 4.38. The largest absolute Gasteiger partial charge is 0.416 e. The minimum absolute atomic E-state index is 0.0433. The van der Waals surface area contributed by atoms with Crippen molar-refractivity contribution in [3.8, 4) is 6.07 Å². The van der Waals surface area contributed by atoms with Crippen LogP contribution >= 0.6 is 0 Å². The Labute approximate surface area is 142 Å². The van der Waals surface area contributed by atoms with Crippen LogP contribution in [0, 0.1) is 11.3 Å². The summed E-state index contributed by atoms with van der Waals surface area (Å²) in [7, 11) is 0. The lowest BCUT2D eigenvalue weighted by molar-refractivity contribution is -0.137. The zero-order chi connectivity index (χ0) is 19.0. The number of aliphatic hydroxyl groups is 1. The Morgan fingerprint density at radius 3 is 2.32 bits per heavy atom. The van der Waals surface area contributed by atoms with Gasteiger partial charge in [0.1, 0.15) is 6.04 Å². The molecule has 1 rings (SSSR count). The molecule has 0 aromatic heterocycles. The molecule has 25 heavy (non-hydrogen) atoms. The minimum Gasteiger partial charge on any atom is -0.378 e. The Bertz CT molecular complexity index is 639. The standard InChI is InChI=1S/C16H18F3N3O3/c17-16(18,19)11-7-5-10(6-8-11)13(23)15(25)22-12(14(21)24)4-2-1-3-9-20/h5-8,12-13,23H,1-4H2,(H2,21,24)(H,22,25)/t12-,13-/m1/s1.